The molecule has 0 radical (unpaired) electrons. The Morgan fingerprint density at radius 1 is 1.53 bits per heavy atom. The van der Waals surface area contributed by atoms with E-state index in [1.807, 2.05) is 25.1 Å². The van der Waals surface area contributed by atoms with Crippen LogP contribution < -0.4 is 10.1 Å². The molecule has 94 valence electrons. The summed E-state index contributed by atoms with van der Waals surface area (Å²) in [6.07, 6.45) is 0.545. The van der Waals surface area contributed by atoms with Crippen molar-refractivity contribution in [2.75, 3.05) is 11.9 Å². The Morgan fingerprint density at radius 2 is 2.29 bits per heavy atom. The number of anilines is 1. The first-order valence-corrected chi connectivity index (χ1v) is 6.08. The van der Waals surface area contributed by atoms with Crippen molar-refractivity contribution in [2.24, 2.45) is 5.41 Å². The lowest BCUT2D eigenvalue weighted by Gasteiger charge is -2.49. The van der Waals surface area contributed by atoms with E-state index < -0.39 is 0 Å². The molecule has 17 heavy (non-hydrogen) atoms. The summed E-state index contributed by atoms with van der Waals surface area (Å²) in [7, 11) is 0. The van der Waals surface area contributed by atoms with Crippen molar-refractivity contribution in [3.63, 3.8) is 0 Å². The minimum Gasteiger partial charge on any atom is -0.478 e. The zero-order valence-electron chi connectivity index (χ0n) is 10.6. The van der Waals surface area contributed by atoms with Gasteiger partial charge in [0.15, 0.2) is 0 Å². The van der Waals surface area contributed by atoms with Gasteiger partial charge >= 0.3 is 0 Å². The monoisotopic (exact) mass is 236 g/mol. The maximum absolute atomic E-state index is 9.68. The van der Waals surface area contributed by atoms with Crippen LogP contribution in [-0.2, 0) is 0 Å². The molecule has 0 bridgehead atoms. The quantitative estimate of drug-likeness (QED) is 0.840. The summed E-state index contributed by atoms with van der Waals surface area (Å²) >= 11 is 0. The van der Waals surface area contributed by atoms with Crippen molar-refractivity contribution in [1.29, 1.82) is 0 Å². The predicted octanol–water partition coefficient (Wildman–Crippen LogP) is 2.05. The molecule has 1 saturated carbocycles. The largest absolute Gasteiger partial charge is 0.478 e. The number of hydrogen-bond donors (Lipinski definition) is 2. The molecular formula is C13H20N2O2. The van der Waals surface area contributed by atoms with Gasteiger partial charge in [-0.15, -0.1) is 0 Å². The molecule has 2 unspecified atom stereocenters. The Morgan fingerprint density at radius 3 is 2.88 bits per heavy atom. The number of aliphatic hydroxyl groups is 1. The molecule has 1 fully saturated rings. The van der Waals surface area contributed by atoms with Crippen molar-refractivity contribution in [3.05, 3.63) is 18.2 Å². The van der Waals surface area contributed by atoms with Gasteiger partial charge in [-0.25, -0.2) is 0 Å². The average Bonchev–Trinajstić information content (AvgIpc) is 2.30. The summed E-state index contributed by atoms with van der Waals surface area (Å²) in [5, 5.41) is 13.0. The summed E-state index contributed by atoms with van der Waals surface area (Å²) in [4.78, 5) is 4.36. The molecule has 0 aromatic carbocycles. The van der Waals surface area contributed by atoms with Gasteiger partial charge in [-0.2, -0.15) is 4.98 Å². The normalized spacial score (nSPS) is 26.1. The standard InChI is InChI=1S/C13H20N2O2/c1-4-17-12-7-5-6-11(15-12)14-9-8-10(16)13(9,2)3/h5-7,9-10,16H,4,8H2,1-3H3,(H,14,15). The van der Waals surface area contributed by atoms with E-state index >= 15 is 0 Å². The molecule has 0 spiro atoms. The predicted molar refractivity (Wildman–Crippen MR) is 67.2 cm³/mol. The molecule has 1 aliphatic carbocycles. The second kappa shape index (κ2) is 4.53. The molecule has 4 nitrogen and oxygen atoms in total. The number of nitrogens with one attached hydrogen (secondary N) is 1. The van der Waals surface area contributed by atoms with Crippen LogP contribution in [-0.4, -0.2) is 28.8 Å². The molecule has 2 atom stereocenters. The first-order valence-electron chi connectivity index (χ1n) is 6.08. The summed E-state index contributed by atoms with van der Waals surface area (Å²) in [5.74, 6) is 1.44. The van der Waals surface area contributed by atoms with Crippen LogP contribution in [0.25, 0.3) is 0 Å². The fourth-order valence-corrected chi connectivity index (χ4v) is 2.05. The highest BCUT2D eigenvalue weighted by Gasteiger charge is 2.47. The second-order valence-electron chi connectivity index (χ2n) is 5.06. The van der Waals surface area contributed by atoms with Gasteiger partial charge in [-0.05, 0) is 19.4 Å². The van der Waals surface area contributed by atoms with Crippen LogP contribution in [0.1, 0.15) is 27.2 Å². The van der Waals surface area contributed by atoms with Crippen LogP contribution >= 0.6 is 0 Å². The summed E-state index contributed by atoms with van der Waals surface area (Å²) < 4.78 is 5.35. The van der Waals surface area contributed by atoms with Crippen molar-refractivity contribution in [3.8, 4) is 5.88 Å². The summed E-state index contributed by atoms with van der Waals surface area (Å²) in [6, 6.07) is 5.95. The van der Waals surface area contributed by atoms with Crippen LogP contribution in [0.2, 0.25) is 0 Å². The number of aromatic nitrogens is 1. The van der Waals surface area contributed by atoms with E-state index in [1.165, 1.54) is 0 Å². The summed E-state index contributed by atoms with van der Waals surface area (Å²) in [5.41, 5.74) is -0.0940. The van der Waals surface area contributed by atoms with Crippen molar-refractivity contribution < 1.29 is 9.84 Å². The lowest BCUT2D eigenvalue weighted by atomic mass is 9.64. The van der Waals surface area contributed by atoms with Crippen LogP contribution in [0, 0.1) is 5.41 Å². The van der Waals surface area contributed by atoms with Gasteiger partial charge in [0.05, 0.1) is 12.7 Å². The van der Waals surface area contributed by atoms with E-state index in [2.05, 4.69) is 24.1 Å². The minimum absolute atomic E-state index is 0.0940. The molecule has 1 aliphatic rings. The first-order chi connectivity index (χ1) is 8.04. The van der Waals surface area contributed by atoms with Crippen molar-refractivity contribution in [1.82, 2.24) is 4.98 Å². The van der Waals surface area contributed by atoms with E-state index in [-0.39, 0.29) is 17.6 Å². The van der Waals surface area contributed by atoms with Crippen molar-refractivity contribution in [2.45, 2.75) is 39.3 Å². The second-order valence-corrected chi connectivity index (χ2v) is 5.06. The molecule has 4 heteroatoms. The maximum Gasteiger partial charge on any atom is 0.215 e. The Labute approximate surface area is 102 Å². The fourth-order valence-electron chi connectivity index (χ4n) is 2.05. The van der Waals surface area contributed by atoms with E-state index in [0.717, 1.165) is 12.2 Å². The third-order valence-electron chi connectivity index (χ3n) is 3.55. The van der Waals surface area contributed by atoms with Gasteiger partial charge in [0.2, 0.25) is 5.88 Å². The SMILES string of the molecule is CCOc1cccc(NC2CC(O)C2(C)C)n1. The van der Waals surface area contributed by atoms with Crippen molar-refractivity contribution >= 4 is 5.82 Å². The molecule has 0 saturated heterocycles. The van der Waals surface area contributed by atoms with Gasteiger partial charge in [-0.3, -0.25) is 0 Å². The first kappa shape index (κ1) is 12.2. The number of aliphatic hydroxyl groups excluding tert-OH is 1. The van der Waals surface area contributed by atoms with Crippen LogP contribution in [0.15, 0.2) is 18.2 Å². The Kier molecular flexibility index (Phi) is 3.24. The summed E-state index contributed by atoms with van der Waals surface area (Å²) in [6.45, 7) is 6.67. The van der Waals surface area contributed by atoms with Gasteiger partial charge < -0.3 is 15.2 Å². The minimum atomic E-state index is -0.227. The lowest BCUT2D eigenvalue weighted by molar-refractivity contribution is -0.0511. The fraction of sp³-hybridized carbons (Fsp3) is 0.615. The van der Waals surface area contributed by atoms with Crippen LogP contribution in [0.5, 0.6) is 5.88 Å². The Bertz CT molecular complexity index is 393. The molecule has 1 aromatic heterocycles. The lowest BCUT2D eigenvalue weighted by Crippen LogP contribution is -2.57. The number of ether oxygens (including phenoxy) is 1. The molecular weight excluding hydrogens is 216 g/mol. The highest BCUT2D eigenvalue weighted by Crippen LogP contribution is 2.42. The van der Waals surface area contributed by atoms with Gasteiger partial charge in [0.1, 0.15) is 5.82 Å². The Hall–Kier alpha value is -1.29. The van der Waals surface area contributed by atoms with E-state index in [9.17, 15) is 5.11 Å². The third-order valence-corrected chi connectivity index (χ3v) is 3.55. The van der Waals surface area contributed by atoms with Gasteiger partial charge in [0, 0.05) is 17.5 Å². The molecule has 1 heterocycles. The van der Waals surface area contributed by atoms with E-state index in [1.54, 1.807) is 0 Å². The molecule has 0 amide bonds. The smallest absolute Gasteiger partial charge is 0.215 e. The number of rotatable bonds is 4. The number of hydrogen-bond acceptors (Lipinski definition) is 4. The van der Waals surface area contributed by atoms with Crippen LogP contribution in [0.3, 0.4) is 0 Å². The van der Waals surface area contributed by atoms with Crippen LogP contribution in [0.4, 0.5) is 5.82 Å². The average molecular weight is 236 g/mol. The number of pyridine rings is 1. The zero-order chi connectivity index (χ0) is 12.5. The molecule has 0 aliphatic heterocycles. The van der Waals surface area contributed by atoms with E-state index in [4.69, 9.17) is 4.74 Å². The van der Waals surface area contributed by atoms with Gasteiger partial charge in [0.25, 0.3) is 0 Å². The highest BCUT2D eigenvalue weighted by molar-refractivity contribution is 5.40. The van der Waals surface area contributed by atoms with Gasteiger partial charge in [-0.1, -0.05) is 19.9 Å². The topological polar surface area (TPSA) is 54.4 Å². The highest BCUT2D eigenvalue weighted by atomic mass is 16.5. The van der Waals surface area contributed by atoms with E-state index in [0.29, 0.717) is 12.5 Å². The molecule has 2 N–H and O–H groups in total. The molecule has 1 aromatic rings. The number of nitrogens with zero attached hydrogens (tertiary/aromatic N) is 1. The molecule has 2 rings (SSSR count). The Balaban J connectivity index is 2.02. The maximum atomic E-state index is 9.68. The third kappa shape index (κ3) is 2.36. The zero-order valence-corrected chi connectivity index (χ0v) is 10.6.